The van der Waals surface area contributed by atoms with Crippen LogP contribution in [0.2, 0.25) is 0 Å². The normalized spacial score (nSPS) is 16.3. The number of aromatic nitrogens is 1. The second kappa shape index (κ2) is 12.1. The lowest BCUT2D eigenvalue weighted by Gasteiger charge is -2.17. The smallest absolute Gasteiger partial charge is 0.191 e. The Morgan fingerprint density at radius 2 is 2.10 bits per heavy atom. The maximum Gasteiger partial charge on any atom is 0.191 e. The molecule has 1 unspecified atom stereocenters. The summed E-state index contributed by atoms with van der Waals surface area (Å²) in [4.78, 5) is 4.32. The molecule has 8 heteroatoms. The van der Waals surface area contributed by atoms with Gasteiger partial charge in [0.15, 0.2) is 5.96 Å². The number of hydrogen-bond donors (Lipinski definition) is 2. The highest BCUT2D eigenvalue weighted by atomic mass is 127. The van der Waals surface area contributed by atoms with Crippen LogP contribution in [0.15, 0.2) is 27.7 Å². The number of nitrogens with one attached hydrogen (secondary N) is 2. The minimum Gasteiger partial charge on any atom is -0.491 e. The molecule has 0 aliphatic carbocycles. The van der Waals surface area contributed by atoms with Gasteiger partial charge in [0.05, 0.1) is 11.8 Å². The molecular weight excluding hydrogens is 495 g/mol. The van der Waals surface area contributed by atoms with Crippen LogP contribution < -0.4 is 15.4 Å². The van der Waals surface area contributed by atoms with Crippen molar-refractivity contribution >= 4 is 29.9 Å². The molecule has 1 aromatic carbocycles. The topological polar surface area (TPSA) is 80.9 Å². The van der Waals surface area contributed by atoms with Crippen LogP contribution in [0.3, 0.4) is 0 Å². The molecule has 1 saturated heterocycles. The first-order valence-corrected chi connectivity index (χ1v) is 10.3. The maximum absolute atomic E-state index is 6.08. The quantitative estimate of drug-likeness (QED) is 0.309. The van der Waals surface area contributed by atoms with E-state index in [1.807, 2.05) is 13.8 Å². The summed E-state index contributed by atoms with van der Waals surface area (Å²) in [6, 6.07) is 6.29. The Balaban J connectivity index is 0.00000320. The van der Waals surface area contributed by atoms with E-state index in [1.54, 1.807) is 7.05 Å². The number of benzene rings is 1. The summed E-state index contributed by atoms with van der Waals surface area (Å²) in [5.41, 5.74) is 4.37. The van der Waals surface area contributed by atoms with E-state index >= 15 is 0 Å². The minimum absolute atomic E-state index is 0. The lowest BCUT2D eigenvalue weighted by atomic mass is 10.1. The summed E-state index contributed by atoms with van der Waals surface area (Å²) in [5, 5.41) is 10.7. The molecule has 2 N–H and O–H groups in total. The molecule has 2 heterocycles. The Bertz CT molecular complexity index is 812. The van der Waals surface area contributed by atoms with Gasteiger partial charge in [-0.3, -0.25) is 4.99 Å². The zero-order chi connectivity index (χ0) is 20.6. The third-order valence-electron chi connectivity index (χ3n) is 5.19. The van der Waals surface area contributed by atoms with E-state index in [0.29, 0.717) is 13.2 Å². The molecule has 166 valence electrons. The van der Waals surface area contributed by atoms with Crippen LogP contribution >= 0.6 is 24.0 Å². The lowest BCUT2D eigenvalue weighted by molar-refractivity contribution is 0.0676. The zero-order valence-corrected chi connectivity index (χ0v) is 20.6. The average molecular weight is 528 g/mol. The van der Waals surface area contributed by atoms with Gasteiger partial charge in [-0.25, -0.2) is 0 Å². The molecule has 1 aliphatic heterocycles. The van der Waals surface area contributed by atoms with Crippen molar-refractivity contribution in [2.24, 2.45) is 4.99 Å². The number of guanidine groups is 1. The van der Waals surface area contributed by atoms with E-state index in [0.717, 1.165) is 66.7 Å². The van der Waals surface area contributed by atoms with E-state index in [9.17, 15) is 0 Å². The summed E-state index contributed by atoms with van der Waals surface area (Å²) in [6.45, 7) is 8.80. The van der Waals surface area contributed by atoms with E-state index in [4.69, 9.17) is 14.0 Å². The van der Waals surface area contributed by atoms with Gasteiger partial charge in [-0.15, -0.1) is 24.0 Å². The number of aryl methyl sites for hydroxylation is 3. The highest BCUT2D eigenvalue weighted by Gasteiger charge is 2.17. The highest BCUT2D eigenvalue weighted by Crippen LogP contribution is 2.22. The van der Waals surface area contributed by atoms with Crippen LogP contribution in [0.5, 0.6) is 5.75 Å². The molecular formula is C22H33IN4O3. The van der Waals surface area contributed by atoms with Crippen LogP contribution in [-0.4, -0.2) is 44.0 Å². The minimum atomic E-state index is 0. The number of nitrogens with zero attached hydrogens (tertiary/aromatic N) is 2. The van der Waals surface area contributed by atoms with Crippen molar-refractivity contribution in [2.75, 3.05) is 26.8 Å². The van der Waals surface area contributed by atoms with E-state index in [2.05, 4.69) is 45.9 Å². The summed E-state index contributed by atoms with van der Waals surface area (Å²) < 4.78 is 17.0. The third-order valence-corrected chi connectivity index (χ3v) is 5.19. The molecule has 1 atom stereocenters. The number of rotatable bonds is 8. The van der Waals surface area contributed by atoms with Gasteiger partial charge in [0.25, 0.3) is 0 Å². The summed E-state index contributed by atoms with van der Waals surface area (Å²) in [6.07, 6.45) is 3.23. The lowest BCUT2D eigenvalue weighted by Crippen LogP contribution is -2.38. The van der Waals surface area contributed by atoms with Gasteiger partial charge >= 0.3 is 0 Å². The van der Waals surface area contributed by atoms with Crippen LogP contribution in [0, 0.1) is 20.8 Å². The molecule has 0 spiro atoms. The monoisotopic (exact) mass is 528 g/mol. The number of halogens is 1. The van der Waals surface area contributed by atoms with Crippen molar-refractivity contribution in [1.29, 1.82) is 0 Å². The zero-order valence-electron chi connectivity index (χ0n) is 18.3. The van der Waals surface area contributed by atoms with Crippen molar-refractivity contribution < 1.29 is 14.0 Å². The maximum atomic E-state index is 6.08. The van der Waals surface area contributed by atoms with Crippen molar-refractivity contribution in [3.05, 3.63) is 46.3 Å². The second-order valence-electron chi connectivity index (χ2n) is 7.46. The molecule has 0 saturated carbocycles. The largest absolute Gasteiger partial charge is 0.491 e. The van der Waals surface area contributed by atoms with E-state index < -0.39 is 0 Å². The van der Waals surface area contributed by atoms with Crippen molar-refractivity contribution in [1.82, 2.24) is 15.8 Å². The third kappa shape index (κ3) is 6.87. The molecule has 0 bridgehead atoms. The molecule has 1 aromatic heterocycles. The molecule has 1 aliphatic rings. The standard InChI is InChI=1S/C22H32N4O3.HI/c1-15-7-8-18(21(12-15)28-14-19-6-5-11-27-19)13-25-22(23-4)24-10-9-20-16(2)26-29-17(20)3;/h7-8,12,19H,5-6,9-11,13-14H2,1-4H3,(H2,23,24,25);1H. The van der Waals surface area contributed by atoms with Gasteiger partial charge in [0.1, 0.15) is 18.1 Å². The van der Waals surface area contributed by atoms with Crippen LogP contribution in [0.25, 0.3) is 0 Å². The fourth-order valence-corrected chi connectivity index (χ4v) is 3.46. The Morgan fingerprint density at radius 1 is 1.27 bits per heavy atom. The van der Waals surface area contributed by atoms with Crippen LogP contribution in [-0.2, 0) is 17.7 Å². The Kier molecular flexibility index (Phi) is 9.90. The second-order valence-corrected chi connectivity index (χ2v) is 7.46. The molecule has 2 aromatic rings. The molecule has 3 rings (SSSR count). The van der Waals surface area contributed by atoms with Crippen molar-refractivity contribution in [2.45, 2.75) is 52.7 Å². The molecule has 7 nitrogen and oxygen atoms in total. The van der Waals surface area contributed by atoms with Gasteiger partial charge in [-0.2, -0.15) is 0 Å². The summed E-state index contributed by atoms with van der Waals surface area (Å²) in [5.74, 6) is 2.53. The molecule has 30 heavy (non-hydrogen) atoms. The Morgan fingerprint density at radius 3 is 2.77 bits per heavy atom. The number of aliphatic imine (C=N–C) groups is 1. The van der Waals surface area contributed by atoms with Gasteiger partial charge in [0, 0.05) is 37.9 Å². The fourth-order valence-electron chi connectivity index (χ4n) is 3.46. The van der Waals surface area contributed by atoms with Crippen molar-refractivity contribution in [3.63, 3.8) is 0 Å². The predicted molar refractivity (Wildman–Crippen MR) is 129 cm³/mol. The van der Waals surface area contributed by atoms with Gasteiger partial charge in [0.2, 0.25) is 0 Å². The van der Waals surface area contributed by atoms with Gasteiger partial charge in [-0.05, 0) is 51.7 Å². The number of hydrogen-bond acceptors (Lipinski definition) is 5. The van der Waals surface area contributed by atoms with Crippen LogP contribution in [0.1, 0.15) is 41.0 Å². The van der Waals surface area contributed by atoms with Gasteiger partial charge in [-0.1, -0.05) is 17.3 Å². The molecule has 1 fully saturated rings. The SMILES string of the molecule is CN=C(NCCc1c(C)noc1C)NCc1ccc(C)cc1OCC1CCCO1.I. The molecule has 0 radical (unpaired) electrons. The first-order valence-electron chi connectivity index (χ1n) is 10.3. The Hall–Kier alpha value is -1.81. The van der Waals surface area contributed by atoms with E-state index in [-0.39, 0.29) is 30.1 Å². The van der Waals surface area contributed by atoms with Crippen molar-refractivity contribution in [3.8, 4) is 5.75 Å². The summed E-state index contributed by atoms with van der Waals surface area (Å²) >= 11 is 0. The molecule has 0 amide bonds. The highest BCUT2D eigenvalue weighted by molar-refractivity contribution is 14.0. The summed E-state index contributed by atoms with van der Waals surface area (Å²) in [7, 11) is 1.77. The van der Waals surface area contributed by atoms with E-state index in [1.165, 1.54) is 5.56 Å². The first kappa shape index (κ1) is 24.5. The average Bonchev–Trinajstić information content (AvgIpc) is 3.34. The Labute approximate surface area is 196 Å². The number of ether oxygens (including phenoxy) is 2. The predicted octanol–water partition coefficient (Wildman–Crippen LogP) is 3.68. The fraction of sp³-hybridized carbons (Fsp3) is 0.545. The van der Waals surface area contributed by atoms with Gasteiger partial charge < -0.3 is 24.6 Å². The first-order chi connectivity index (χ1) is 14.1. The van der Waals surface area contributed by atoms with Crippen LogP contribution in [0.4, 0.5) is 0 Å².